The number of benzene rings is 2. The number of nitrogens with one attached hydrogen (secondary N) is 1. The summed E-state index contributed by atoms with van der Waals surface area (Å²) in [7, 11) is 1.71. The van der Waals surface area contributed by atoms with Gasteiger partial charge in [0.1, 0.15) is 11.6 Å². The van der Waals surface area contributed by atoms with Gasteiger partial charge in [-0.25, -0.2) is 4.39 Å². The molecule has 0 aliphatic heterocycles. The number of halogens is 4. The highest BCUT2D eigenvalue weighted by Crippen LogP contribution is 2.30. The summed E-state index contributed by atoms with van der Waals surface area (Å²) in [4.78, 5) is 0. The van der Waals surface area contributed by atoms with Crippen molar-refractivity contribution in [3.63, 3.8) is 0 Å². The van der Waals surface area contributed by atoms with Gasteiger partial charge in [0.15, 0.2) is 0 Å². The van der Waals surface area contributed by atoms with E-state index in [0.29, 0.717) is 23.2 Å². The molecule has 112 valence electrons. The Labute approximate surface area is 119 Å². The summed E-state index contributed by atoms with van der Waals surface area (Å²) in [6.45, 7) is 0.400. The van der Waals surface area contributed by atoms with Crippen molar-refractivity contribution in [3.05, 3.63) is 53.8 Å². The van der Waals surface area contributed by atoms with Crippen LogP contribution in [-0.4, -0.2) is 13.4 Å². The van der Waals surface area contributed by atoms with Crippen molar-refractivity contribution in [2.24, 2.45) is 0 Å². The summed E-state index contributed by atoms with van der Waals surface area (Å²) >= 11 is 0. The fourth-order valence-electron chi connectivity index (χ4n) is 2.04. The maximum atomic E-state index is 13.3. The van der Waals surface area contributed by atoms with E-state index in [1.807, 2.05) is 0 Å². The summed E-state index contributed by atoms with van der Waals surface area (Å²) in [5.41, 5.74) is 1.84. The molecule has 0 aliphatic carbocycles. The minimum atomic E-state index is -4.74. The first-order valence-electron chi connectivity index (χ1n) is 6.18. The van der Waals surface area contributed by atoms with Crippen LogP contribution >= 0.6 is 0 Å². The molecule has 6 heteroatoms. The first-order valence-corrected chi connectivity index (χ1v) is 6.18. The second-order valence-corrected chi connectivity index (χ2v) is 4.41. The van der Waals surface area contributed by atoms with E-state index >= 15 is 0 Å². The first kappa shape index (κ1) is 15.3. The van der Waals surface area contributed by atoms with E-state index in [-0.39, 0.29) is 5.75 Å². The summed E-state index contributed by atoms with van der Waals surface area (Å²) in [5.74, 6) is -0.702. The molecule has 0 aromatic heterocycles. The lowest BCUT2D eigenvalue weighted by molar-refractivity contribution is -0.274. The second-order valence-electron chi connectivity index (χ2n) is 4.41. The zero-order valence-corrected chi connectivity index (χ0v) is 11.2. The predicted octanol–water partition coefficient (Wildman–Crippen LogP) is 4.11. The largest absolute Gasteiger partial charge is 0.573 e. The summed E-state index contributed by atoms with van der Waals surface area (Å²) in [6, 6.07) is 9.76. The van der Waals surface area contributed by atoms with Gasteiger partial charge in [-0.05, 0) is 48.0 Å². The monoisotopic (exact) mass is 299 g/mol. The zero-order chi connectivity index (χ0) is 15.5. The van der Waals surface area contributed by atoms with Crippen LogP contribution in [0.2, 0.25) is 0 Å². The normalized spacial score (nSPS) is 11.5. The molecule has 2 rings (SSSR count). The van der Waals surface area contributed by atoms with Gasteiger partial charge in [-0.3, -0.25) is 0 Å². The van der Waals surface area contributed by atoms with Crippen LogP contribution < -0.4 is 10.1 Å². The fraction of sp³-hybridized carbons (Fsp3) is 0.200. The van der Waals surface area contributed by atoms with Crippen LogP contribution in [0.15, 0.2) is 42.5 Å². The van der Waals surface area contributed by atoms with E-state index < -0.39 is 12.2 Å². The number of rotatable bonds is 4. The van der Waals surface area contributed by atoms with E-state index in [1.54, 1.807) is 13.1 Å². The highest BCUT2D eigenvalue weighted by atomic mass is 19.4. The predicted molar refractivity (Wildman–Crippen MR) is 71.3 cm³/mol. The summed E-state index contributed by atoms with van der Waals surface area (Å²) in [5, 5.41) is 2.90. The molecular weight excluding hydrogens is 286 g/mol. The van der Waals surface area contributed by atoms with Crippen LogP contribution in [0, 0.1) is 5.82 Å². The first-order chi connectivity index (χ1) is 9.89. The molecule has 21 heavy (non-hydrogen) atoms. The Bertz CT molecular complexity index is 625. The van der Waals surface area contributed by atoms with Crippen LogP contribution in [0.4, 0.5) is 17.6 Å². The lowest BCUT2D eigenvalue weighted by Crippen LogP contribution is -2.17. The van der Waals surface area contributed by atoms with Gasteiger partial charge in [-0.15, -0.1) is 13.2 Å². The Balaban J connectivity index is 2.40. The van der Waals surface area contributed by atoms with Gasteiger partial charge in [0.25, 0.3) is 0 Å². The molecule has 0 spiro atoms. The third-order valence-electron chi connectivity index (χ3n) is 2.81. The van der Waals surface area contributed by atoms with Gasteiger partial charge in [0, 0.05) is 6.54 Å². The minimum absolute atomic E-state index is 0.306. The third kappa shape index (κ3) is 4.19. The number of hydrogen-bond donors (Lipinski definition) is 1. The van der Waals surface area contributed by atoms with Crippen molar-refractivity contribution in [1.82, 2.24) is 5.32 Å². The minimum Gasteiger partial charge on any atom is -0.406 e. The molecular formula is C15H13F4NO. The molecule has 0 atom stereocenters. The standard InChI is InChI=1S/C15H13F4NO/c1-20-9-11-7-12(16)5-6-14(11)10-3-2-4-13(8-10)21-15(17,18)19/h2-8,20H,9H2,1H3. The molecule has 0 amide bonds. The van der Waals surface area contributed by atoms with Crippen LogP contribution in [0.25, 0.3) is 11.1 Å². The number of hydrogen-bond acceptors (Lipinski definition) is 2. The Morgan fingerprint density at radius 2 is 1.86 bits per heavy atom. The van der Waals surface area contributed by atoms with E-state index in [2.05, 4.69) is 10.1 Å². The molecule has 0 aliphatic rings. The number of ether oxygens (including phenoxy) is 1. The Morgan fingerprint density at radius 1 is 1.10 bits per heavy atom. The lowest BCUT2D eigenvalue weighted by atomic mass is 9.99. The van der Waals surface area contributed by atoms with Gasteiger partial charge in [0.05, 0.1) is 0 Å². The lowest BCUT2D eigenvalue weighted by Gasteiger charge is -2.12. The highest BCUT2D eigenvalue weighted by molar-refractivity contribution is 5.68. The van der Waals surface area contributed by atoms with Crippen molar-refractivity contribution >= 4 is 0 Å². The van der Waals surface area contributed by atoms with Crippen molar-refractivity contribution in [3.8, 4) is 16.9 Å². The van der Waals surface area contributed by atoms with E-state index in [4.69, 9.17) is 0 Å². The van der Waals surface area contributed by atoms with E-state index in [9.17, 15) is 17.6 Å². The maximum absolute atomic E-state index is 13.3. The zero-order valence-electron chi connectivity index (χ0n) is 11.2. The molecule has 0 heterocycles. The molecule has 0 unspecified atom stereocenters. The Kier molecular flexibility index (Phi) is 4.47. The average molecular weight is 299 g/mol. The van der Waals surface area contributed by atoms with E-state index in [0.717, 1.165) is 0 Å². The van der Waals surface area contributed by atoms with Gasteiger partial charge in [-0.1, -0.05) is 18.2 Å². The molecule has 2 aromatic rings. The van der Waals surface area contributed by atoms with E-state index in [1.165, 1.54) is 36.4 Å². The highest BCUT2D eigenvalue weighted by Gasteiger charge is 2.31. The maximum Gasteiger partial charge on any atom is 0.573 e. The van der Waals surface area contributed by atoms with Crippen LogP contribution in [0.5, 0.6) is 5.75 Å². The molecule has 0 bridgehead atoms. The Hall–Kier alpha value is -2.08. The van der Waals surface area contributed by atoms with Crippen molar-refractivity contribution < 1.29 is 22.3 Å². The number of alkyl halides is 3. The summed E-state index contributed by atoms with van der Waals surface area (Å²) in [6.07, 6.45) is -4.74. The van der Waals surface area contributed by atoms with Gasteiger partial charge < -0.3 is 10.1 Å². The van der Waals surface area contributed by atoms with Gasteiger partial charge in [0.2, 0.25) is 0 Å². The molecule has 2 aromatic carbocycles. The van der Waals surface area contributed by atoms with Crippen LogP contribution in [0.3, 0.4) is 0 Å². The summed E-state index contributed by atoms with van der Waals surface area (Å²) < 4.78 is 53.9. The average Bonchev–Trinajstić information content (AvgIpc) is 2.37. The van der Waals surface area contributed by atoms with Crippen molar-refractivity contribution in [2.75, 3.05) is 7.05 Å². The molecule has 0 fully saturated rings. The second kappa shape index (κ2) is 6.13. The quantitative estimate of drug-likeness (QED) is 0.858. The van der Waals surface area contributed by atoms with Crippen molar-refractivity contribution in [1.29, 1.82) is 0 Å². The van der Waals surface area contributed by atoms with Gasteiger partial charge in [-0.2, -0.15) is 0 Å². The fourth-order valence-corrected chi connectivity index (χ4v) is 2.04. The molecule has 0 saturated heterocycles. The molecule has 0 saturated carbocycles. The topological polar surface area (TPSA) is 21.3 Å². The van der Waals surface area contributed by atoms with Gasteiger partial charge >= 0.3 is 6.36 Å². The third-order valence-corrected chi connectivity index (χ3v) is 2.81. The molecule has 1 N–H and O–H groups in total. The SMILES string of the molecule is CNCc1cc(F)ccc1-c1cccc(OC(F)(F)F)c1. The molecule has 2 nitrogen and oxygen atoms in total. The van der Waals surface area contributed by atoms with Crippen LogP contribution in [0.1, 0.15) is 5.56 Å². The molecule has 0 radical (unpaired) electrons. The van der Waals surface area contributed by atoms with Crippen LogP contribution in [-0.2, 0) is 6.54 Å². The Morgan fingerprint density at radius 3 is 2.52 bits per heavy atom. The smallest absolute Gasteiger partial charge is 0.406 e. The van der Waals surface area contributed by atoms with Crippen molar-refractivity contribution in [2.45, 2.75) is 12.9 Å².